The molecule has 174 valence electrons. The maximum absolute atomic E-state index is 8.53. The maximum atomic E-state index is 8.53. The molecule has 2 aromatic rings. The van der Waals surface area contributed by atoms with E-state index in [1.807, 2.05) is 104 Å². The molecule has 0 spiro atoms. The Hall–Kier alpha value is -2.04. The fourth-order valence-corrected chi connectivity index (χ4v) is 1.92. The van der Waals surface area contributed by atoms with Gasteiger partial charge in [0, 0.05) is 26.1 Å². The van der Waals surface area contributed by atoms with Gasteiger partial charge < -0.3 is 19.7 Å². The van der Waals surface area contributed by atoms with Crippen molar-refractivity contribution < 1.29 is 19.7 Å². The molecule has 4 nitrogen and oxygen atoms in total. The lowest BCUT2D eigenvalue weighted by molar-refractivity contribution is 0.232. The third-order valence-corrected chi connectivity index (χ3v) is 3.21. The minimum Gasteiger partial charge on any atom is -0.493 e. The maximum Gasteiger partial charge on any atom is 0.122 e. The molecule has 2 rings (SSSR count). The summed E-state index contributed by atoms with van der Waals surface area (Å²) in [6.45, 7) is 17.6. The summed E-state index contributed by atoms with van der Waals surface area (Å²) in [5.74, 6) is 1.79. The minimum atomic E-state index is 0.186. The Kier molecular flexibility index (Phi) is 29.3. The van der Waals surface area contributed by atoms with Crippen molar-refractivity contribution in [3.63, 3.8) is 0 Å². The number of benzene rings is 2. The predicted molar refractivity (Wildman–Crippen MR) is 131 cm³/mol. The first-order chi connectivity index (χ1) is 14.7. The number of aryl methyl sites for hydroxylation is 2. The van der Waals surface area contributed by atoms with Crippen molar-refractivity contribution in [2.75, 3.05) is 26.4 Å². The number of hydrogen-bond acceptors (Lipinski definition) is 4. The average Bonchev–Trinajstić information content (AvgIpc) is 2.80. The molecule has 0 heterocycles. The van der Waals surface area contributed by atoms with Crippen molar-refractivity contribution in [1.29, 1.82) is 0 Å². The van der Waals surface area contributed by atoms with Crippen LogP contribution in [0.4, 0.5) is 0 Å². The molecule has 0 fully saturated rings. The van der Waals surface area contributed by atoms with E-state index in [0.29, 0.717) is 26.1 Å². The second kappa shape index (κ2) is 27.0. The van der Waals surface area contributed by atoms with Crippen molar-refractivity contribution in [3.8, 4) is 11.5 Å². The van der Waals surface area contributed by atoms with E-state index in [2.05, 4.69) is 0 Å². The second-order valence-corrected chi connectivity index (χ2v) is 5.43. The van der Waals surface area contributed by atoms with Crippen molar-refractivity contribution in [1.82, 2.24) is 0 Å². The highest BCUT2D eigenvalue weighted by Gasteiger charge is 1.95. The van der Waals surface area contributed by atoms with E-state index in [1.54, 1.807) is 0 Å². The number of para-hydroxylation sites is 1. The molecular formula is C26H46O4. The van der Waals surface area contributed by atoms with E-state index in [-0.39, 0.29) is 13.2 Å². The molecule has 0 radical (unpaired) electrons. The van der Waals surface area contributed by atoms with Gasteiger partial charge in [0.25, 0.3) is 0 Å². The fourth-order valence-electron chi connectivity index (χ4n) is 1.92. The molecule has 0 aliphatic heterocycles. The SMILES string of the molecule is CC.CC.CC.Cc1cccc(OCCCO)c1.Cc1ccccc1OCCCO. The highest BCUT2D eigenvalue weighted by molar-refractivity contribution is 5.31. The zero-order valence-corrected chi connectivity index (χ0v) is 20.6. The van der Waals surface area contributed by atoms with Gasteiger partial charge in [-0.3, -0.25) is 0 Å². The van der Waals surface area contributed by atoms with Crippen LogP contribution >= 0.6 is 0 Å². The van der Waals surface area contributed by atoms with E-state index in [0.717, 1.165) is 17.1 Å². The molecule has 0 bridgehead atoms. The molecule has 0 aliphatic rings. The van der Waals surface area contributed by atoms with Gasteiger partial charge in [0.1, 0.15) is 11.5 Å². The van der Waals surface area contributed by atoms with Crippen LogP contribution in [0.1, 0.15) is 65.5 Å². The van der Waals surface area contributed by atoms with Gasteiger partial charge in [-0.1, -0.05) is 71.9 Å². The van der Waals surface area contributed by atoms with Gasteiger partial charge in [0.15, 0.2) is 0 Å². The van der Waals surface area contributed by atoms with Gasteiger partial charge in [0.05, 0.1) is 13.2 Å². The van der Waals surface area contributed by atoms with Crippen LogP contribution in [0.2, 0.25) is 0 Å². The second-order valence-electron chi connectivity index (χ2n) is 5.43. The van der Waals surface area contributed by atoms with E-state index in [1.165, 1.54) is 5.56 Å². The van der Waals surface area contributed by atoms with Gasteiger partial charge in [0.2, 0.25) is 0 Å². The topological polar surface area (TPSA) is 58.9 Å². The third-order valence-electron chi connectivity index (χ3n) is 3.21. The first-order valence-electron chi connectivity index (χ1n) is 11.3. The summed E-state index contributed by atoms with van der Waals surface area (Å²) in [5.41, 5.74) is 2.33. The molecule has 0 unspecified atom stereocenters. The Morgan fingerprint density at radius 3 is 1.70 bits per heavy atom. The first-order valence-corrected chi connectivity index (χ1v) is 11.3. The molecule has 0 amide bonds. The Morgan fingerprint density at radius 1 is 0.667 bits per heavy atom. The third kappa shape index (κ3) is 19.3. The Bertz CT molecular complexity index is 570. The Morgan fingerprint density at radius 2 is 1.20 bits per heavy atom. The molecule has 0 atom stereocenters. The van der Waals surface area contributed by atoms with E-state index in [9.17, 15) is 0 Å². The standard InChI is InChI=1S/2C10H14O2.3C2H6/c1-9-4-2-5-10(8-9)12-7-3-6-11;1-9-5-2-3-6-10(9)12-8-4-7-11;3*1-2/h2,4-5,8,11H,3,6-7H2,1H3;2-3,5-6,11H,4,7-8H2,1H3;3*1-2H3. The van der Waals surface area contributed by atoms with Gasteiger partial charge >= 0.3 is 0 Å². The summed E-state index contributed by atoms with van der Waals surface area (Å²) in [6.07, 6.45) is 1.38. The average molecular weight is 423 g/mol. The number of aliphatic hydroxyl groups is 2. The number of ether oxygens (including phenoxy) is 2. The van der Waals surface area contributed by atoms with Crippen LogP contribution in [-0.4, -0.2) is 36.6 Å². The molecule has 2 aromatic carbocycles. The van der Waals surface area contributed by atoms with E-state index in [4.69, 9.17) is 19.7 Å². The lowest BCUT2D eigenvalue weighted by atomic mass is 10.2. The Balaban J connectivity index is -0.000000389. The van der Waals surface area contributed by atoms with Crippen LogP contribution in [-0.2, 0) is 0 Å². The van der Waals surface area contributed by atoms with Crippen molar-refractivity contribution in [2.24, 2.45) is 0 Å². The summed E-state index contributed by atoms with van der Waals surface area (Å²) in [4.78, 5) is 0. The van der Waals surface area contributed by atoms with Crippen LogP contribution in [0.25, 0.3) is 0 Å². The molecule has 0 aromatic heterocycles. The van der Waals surface area contributed by atoms with Crippen LogP contribution in [0, 0.1) is 13.8 Å². The highest BCUT2D eigenvalue weighted by Crippen LogP contribution is 2.16. The number of rotatable bonds is 8. The molecule has 2 N–H and O–H groups in total. The largest absolute Gasteiger partial charge is 0.493 e. The lowest BCUT2D eigenvalue weighted by Gasteiger charge is -2.06. The molecule has 0 saturated heterocycles. The van der Waals surface area contributed by atoms with E-state index < -0.39 is 0 Å². The fraction of sp³-hybridized carbons (Fsp3) is 0.538. The number of hydrogen-bond donors (Lipinski definition) is 2. The molecule has 0 aliphatic carbocycles. The van der Waals surface area contributed by atoms with Crippen LogP contribution in [0.15, 0.2) is 48.5 Å². The highest BCUT2D eigenvalue weighted by atomic mass is 16.5. The predicted octanol–water partition coefficient (Wildman–Crippen LogP) is 6.59. The van der Waals surface area contributed by atoms with Gasteiger partial charge in [-0.15, -0.1) is 0 Å². The summed E-state index contributed by atoms with van der Waals surface area (Å²) in [6, 6.07) is 15.8. The van der Waals surface area contributed by atoms with Crippen molar-refractivity contribution in [2.45, 2.75) is 68.2 Å². The van der Waals surface area contributed by atoms with Crippen LogP contribution in [0.3, 0.4) is 0 Å². The van der Waals surface area contributed by atoms with Gasteiger partial charge in [-0.05, 0) is 43.2 Å². The summed E-state index contributed by atoms with van der Waals surface area (Å²) < 4.78 is 10.8. The quantitative estimate of drug-likeness (QED) is 0.471. The van der Waals surface area contributed by atoms with Crippen molar-refractivity contribution in [3.05, 3.63) is 59.7 Å². The van der Waals surface area contributed by atoms with Gasteiger partial charge in [-0.25, -0.2) is 0 Å². The molecule has 0 saturated carbocycles. The lowest BCUT2D eigenvalue weighted by Crippen LogP contribution is -2.00. The minimum absolute atomic E-state index is 0.186. The van der Waals surface area contributed by atoms with E-state index >= 15 is 0 Å². The zero-order chi connectivity index (χ0) is 23.6. The van der Waals surface area contributed by atoms with Gasteiger partial charge in [-0.2, -0.15) is 0 Å². The summed E-state index contributed by atoms with van der Waals surface area (Å²) >= 11 is 0. The van der Waals surface area contributed by atoms with Crippen molar-refractivity contribution >= 4 is 0 Å². The monoisotopic (exact) mass is 422 g/mol. The Labute approximate surface area is 185 Å². The molecule has 4 heteroatoms. The molecule has 30 heavy (non-hydrogen) atoms. The van der Waals surface area contributed by atoms with Crippen LogP contribution in [0.5, 0.6) is 11.5 Å². The number of aliphatic hydroxyl groups excluding tert-OH is 2. The summed E-state index contributed by atoms with van der Waals surface area (Å²) in [5, 5.41) is 17.1. The normalized spacial score (nSPS) is 8.47. The smallest absolute Gasteiger partial charge is 0.122 e. The molecular weight excluding hydrogens is 376 g/mol. The summed E-state index contributed by atoms with van der Waals surface area (Å²) in [7, 11) is 0. The van der Waals surface area contributed by atoms with Crippen LogP contribution < -0.4 is 9.47 Å². The zero-order valence-electron chi connectivity index (χ0n) is 20.6. The first kappa shape index (κ1) is 32.6.